The van der Waals surface area contributed by atoms with Gasteiger partial charge in [0.2, 0.25) is 0 Å². The largest absolute Gasteiger partial charge is 0.378 e. The minimum atomic E-state index is -0.136. The summed E-state index contributed by atoms with van der Waals surface area (Å²) in [7, 11) is 2.07. The van der Waals surface area contributed by atoms with Crippen molar-refractivity contribution in [3.63, 3.8) is 0 Å². The Morgan fingerprint density at radius 2 is 1.13 bits per heavy atom. The Bertz CT molecular complexity index is 2170. The summed E-state index contributed by atoms with van der Waals surface area (Å²) in [5.41, 5.74) is 6.14. The number of rotatable bonds is 2. The molecule has 2 aliphatic heterocycles. The van der Waals surface area contributed by atoms with Crippen LogP contribution in [0.5, 0.6) is 0 Å². The number of anilines is 1. The molecule has 12 atom stereocenters. The van der Waals surface area contributed by atoms with Crippen LogP contribution in [0.3, 0.4) is 0 Å². The van der Waals surface area contributed by atoms with E-state index in [1.54, 1.807) is 0 Å². The van der Waals surface area contributed by atoms with Gasteiger partial charge in [-0.2, -0.15) is 0 Å². The van der Waals surface area contributed by atoms with Crippen molar-refractivity contribution in [2.24, 2.45) is 35.5 Å². The predicted molar refractivity (Wildman–Crippen MR) is 252 cm³/mol. The average molecular weight is 838 g/mol. The first-order chi connectivity index (χ1) is 30.4. The summed E-state index contributed by atoms with van der Waals surface area (Å²) in [6.45, 7) is 11.2. The number of hydrogen-bond donors (Lipinski definition) is 0. The van der Waals surface area contributed by atoms with Gasteiger partial charge in [-0.05, 0) is 130 Å². The number of benzene rings is 3. The Morgan fingerprint density at radius 1 is 0.581 bits per heavy atom. The van der Waals surface area contributed by atoms with E-state index in [0.717, 1.165) is 70.3 Å². The Balaban J connectivity index is 1.09. The molecule has 12 unspecified atom stereocenters. The third-order valence-electron chi connectivity index (χ3n) is 16.1. The van der Waals surface area contributed by atoms with E-state index < -0.39 is 0 Å². The normalized spacial score (nSPS) is 36.5. The molecule has 62 heavy (non-hydrogen) atoms. The standard InChI is InChI=1S/C55H71N3O4/c1-37-33-45-43-24-11-16-29-52(43)59-31-18-32-60-53-30-17-12-25-44(53)46-34-38(2)36-51(58-48-27-14-9-22-41(48)42-23-10-15-28-49(42)58)55(46)62-56(4)61-54(45)50(35-37)57-39(3)19-6-5-7-20-40-21-8-13-26-47(40)57/h5-10,13-15,19,21-23,26-28,37-38,43-46,50-55H,3,11-12,16-18,20,24-25,29-36H2,1-2,4H3/b7-5-,19-6-. The summed E-state index contributed by atoms with van der Waals surface area (Å²) in [5, 5.41) is 4.49. The summed E-state index contributed by atoms with van der Waals surface area (Å²) in [6.07, 6.45) is 24.6. The number of ether oxygens (including phenoxy) is 2. The molecule has 3 aromatic carbocycles. The zero-order valence-electron chi connectivity index (χ0n) is 37.7. The van der Waals surface area contributed by atoms with Crippen molar-refractivity contribution in [3.8, 4) is 0 Å². The molecule has 0 bridgehead atoms. The van der Waals surface area contributed by atoms with Gasteiger partial charge in [0.15, 0.2) is 0 Å². The topological polar surface area (TPSA) is 48.3 Å². The lowest BCUT2D eigenvalue weighted by molar-refractivity contribution is -0.412. The molecule has 330 valence electrons. The minimum Gasteiger partial charge on any atom is -0.378 e. The van der Waals surface area contributed by atoms with Crippen molar-refractivity contribution in [2.75, 3.05) is 25.2 Å². The summed E-state index contributed by atoms with van der Waals surface area (Å²) >= 11 is 0. The SMILES string of the molecule is C=C1/C=C\C=C/Cc2ccccc2N1C1CC(C)CC2C3CCCCC3OCCCOC3CCCCC3C3CC(C)CC(n4c5ccccc5c5ccccc54)C3ON(C)OC21. The number of hydrogen-bond acceptors (Lipinski definition) is 6. The minimum absolute atomic E-state index is 0.0547. The fourth-order valence-electron chi connectivity index (χ4n) is 13.5. The number of hydroxylamine groups is 2. The van der Waals surface area contributed by atoms with Crippen LogP contribution in [-0.2, 0) is 25.6 Å². The maximum Gasteiger partial charge on any atom is 0.106 e. The lowest BCUT2D eigenvalue weighted by Crippen LogP contribution is -2.57. The molecule has 7 nitrogen and oxygen atoms in total. The van der Waals surface area contributed by atoms with Crippen LogP contribution in [0.1, 0.15) is 109 Å². The fraction of sp³-hybridized carbons (Fsp3) is 0.564. The summed E-state index contributed by atoms with van der Waals surface area (Å²) in [5.74, 6) is 2.47. The smallest absolute Gasteiger partial charge is 0.106 e. The lowest BCUT2D eigenvalue weighted by atomic mass is 9.66. The molecular formula is C55H71N3O4. The number of para-hydroxylation sites is 3. The Morgan fingerprint density at radius 3 is 1.77 bits per heavy atom. The molecule has 1 aromatic heterocycles. The Hall–Kier alpha value is -3.72. The van der Waals surface area contributed by atoms with Gasteiger partial charge in [-0.25, -0.2) is 0 Å². The van der Waals surface area contributed by atoms with Gasteiger partial charge in [0.1, 0.15) is 12.2 Å². The van der Waals surface area contributed by atoms with Crippen molar-refractivity contribution < 1.29 is 19.1 Å². The van der Waals surface area contributed by atoms with E-state index in [9.17, 15) is 0 Å². The molecule has 0 radical (unpaired) electrons. The zero-order valence-corrected chi connectivity index (χ0v) is 37.7. The number of allylic oxidation sites excluding steroid dienone is 4. The van der Waals surface area contributed by atoms with Gasteiger partial charge in [-0.1, -0.05) is 124 Å². The Labute approximate surface area is 371 Å². The Kier molecular flexibility index (Phi) is 12.8. The number of aromatic nitrogens is 1. The molecule has 0 N–H and O–H groups in total. The second-order valence-corrected chi connectivity index (χ2v) is 20.1. The van der Waals surface area contributed by atoms with Crippen molar-refractivity contribution in [1.82, 2.24) is 9.79 Å². The fourth-order valence-corrected chi connectivity index (χ4v) is 13.5. The summed E-state index contributed by atoms with van der Waals surface area (Å²) in [4.78, 5) is 17.8. The van der Waals surface area contributed by atoms with Crippen LogP contribution in [0, 0.1) is 35.5 Å². The first-order valence-corrected chi connectivity index (χ1v) is 24.6. The molecule has 5 fully saturated rings. The van der Waals surface area contributed by atoms with Crippen LogP contribution in [0.4, 0.5) is 5.69 Å². The van der Waals surface area contributed by atoms with E-state index >= 15 is 0 Å². The molecule has 4 saturated carbocycles. The highest BCUT2D eigenvalue weighted by Gasteiger charge is 2.50. The monoisotopic (exact) mass is 838 g/mol. The number of nitrogens with zero attached hydrogens (tertiary/aromatic N) is 3. The predicted octanol–water partition coefficient (Wildman–Crippen LogP) is 12.6. The molecule has 4 aliphatic carbocycles. The molecule has 4 aromatic rings. The number of fused-ring (bicyclic) bond motifs is 10. The van der Waals surface area contributed by atoms with Crippen molar-refractivity contribution in [2.45, 2.75) is 140 Å². The molecule has 10 rings (SSSR count). The highest BCUT2D eigenvalue weighted by atomic mass is 17.0. The van der Waals surface area contributed by atoms with Gasteiger partial charge in [0.05, 0.1) is 24.3 Å². The maximum atomic E-state index is 7.63. The third kappa shape index (κ3) is 8.38. The first kappa shape index (κ1) is 42.2. The second-order valence-electron chi connectivity index (χ2n) is 20.1. The summed E-state index contributed by atoms with van der Waals surface area (Å²) < 4.78 is 16.7. The molecule has 6 aliphatic rings. The van der Waals surface area contributed by atoms with E-state index in [-0.39, 0.29) is 42.4 Å². The molecule has 0 spiro atoms. The van der Waals surface area contributed by atoms with E-state index in [2.05, 4.69) is 127 Å². The van der Waals surface area contributed by atoms with Gasteiger partial charge in [0.25, 0.3) is 0 Å². The van der Waals surface area contributed by atoms with Crippen LogP contribution in [-0.4, -0.2) is 60.5 Å². The van der Waals surface area contributed by atoms with E-state index in [1.165, 1.54) is 71.6 Å². The highest BCUT2D eigenvalue weighted by molar-refractivity contribution is 6.08. The molecule has 0 amide bonds. The lowest BCUT2D eigenvalue weighted by Gasteiger charge is -2.52. The van der Waals surface area contributed by atoms with Crippen molar-refractivity contribution in [3.05, 3.63) is 115 Å². The van der Waals surface area contributed by atoms with Crippen LogP contribution in [0.2, 0.25) is 0 Å². The third-order valence-corrected chi connectivity index (χ3v) is 16.1. The van der Waals surface area contributed by atoms with Gasteiger partial charge >= 0.3 is 0 Å². The summed E-state index contributed by atoms with van der Waals surface area (Å²) in [6, 6.07) is 27.2. The maximum absolute atomic E-state index is 7.63. The zero-order chi connectivity index (χ0) is 42.2. The van der Waals surface area contributed by atoms with Gasteiger partial charge in [-0.3, -0.25) is 9.68 Å². The van der Waals surface area contributed by atoms with Crippen molar-refractivity contribution >= 4 is 27.5 Å². The van der Waals surface area contributed by atoms with Gasteiger partial charge < -0.3 is 18.9 Å². The van der Waals surface area contributed by atoms with Gasteiger partial charge in [-0.15, -0.1) is 0 Å². The molecule has 1 saturated heterocycles. The molecule has 7 heteroatoms. The first-order valence-electron chi connectivity index (χ1n) is 24.6. The van der Waals surface area contributed by atoms with E-state index in [4.69, 9.17) is 25.7 Å². The van der Waals surface area contributed by atoms with E-state index in [1.807, 2.05) is 5.23 Å². The second kappa shape index (κ2) is 18.8. The van der Waals surface area contributed by atoms with Crippen LogP contribution in [0.25, 0.3) is 21.8 Å². The van der Waals surface area contributed by atoms with Gasteiger partial charge in [0, 0.05) is 53.5 Å². The average Bonchev–Trinajstić information content (AvgIpc) is 3.65. The molecule has 3 heterocycles. The highest BCUT2D eigenvalue weighted by Crippen LogP contribution is 2.50. The van der Waals surface area contributed by atoms with Crippen LogP contribution < -0.4 is 4.90 Å². The van der Waals surface area contributed by atoms with Crippen LogP contribution in [0.15, 0.2) is 109 Å². The van der Waals surface area contributed by atoms with E-state index in [0.29, 0.717) is 29.6 Å². The van der Waals surface area contributed by atoms with Crippen molar-refractivity contribution in [1.29, 1.82) is 0 Å². The van der Waals surface area contributed by atoms with Crippen LogP contribution >= 0.6 is 0 Å². The quantitative estimate of drug-likeness (QED) is 0.200. The molecular weight excluding hydrogens is 767 g/mol.